The maximum Gasteiger partial charge on any atom is 0.220 e. The van der Waals surface area contributed by atoms with Crippen molar-refractivity contribution in [2.45, 2.75) is 344 Å². The third-order valence-corrected chi connectivity index (χ3v) is 16.0. The molecule has 80 heavy (non-hydrogen) atoms. The molecule has 2 aliphatic rings. The molecule has 0 aromatic rings. The van der Waals surface area contributed by atoms with E-state index < -0.39 is 86.8 Å². The fourth-order valence-corrected chi connectivity index (χ4v) is 10.7. The molecule has 14 heteroatoms. The van der Waals surface area contributed by atoms with Gasteiger partial charge in [-0.1, -0.05) is 242 Å². The van der Waals surface area contributed by atoms with Crippen LogP contribution in [0, 0.1) is 0 Å². The first-order valence-electron chi connectivity index (χ1n) is 32.9. The van der Waals surface area contributed by atoms with Crippen LogP contribution in [0.25, 0.3) is 0 Å². The summed E-state index contributed by atoms with van der Waals surface area (Å²) in [4.78, 5) is 13.3. The van der Waals surface area contributed by atoms with Gasteiger partial charge in [-0.3, -0.25) is 4.79 Å². The van der Waals surface area contributed by atoms with Gasteiger partial charge in [-0.15, -0.1) is 0 Å². The highest BCUT2D eigenvalue weighted by Gasteiger charge is 2.51. The molecule has 0 aromatic heterocycles. The van der Waals surface area contributed by atoms with Crippen LogP contribution >= 0.6 is 0 Å². The van der Waals surface area contributed by atoms with Gasteiger partial charge in [0.25, 0.3) is 0 Å². The Kier molecular flexibility index (Phi) is 47.6. The first-order valence-corrected chi connectivity index (χ1v) is 32.9. The fourth-order valence-electron chi connectivity index (χ4n) is 10.7. The summed E-state index contributed by atoms with van der Waals surface area (Å²) in [6.07, 6.45) is 48.7. The third-order valence-electron chi connectivity index (χ3n) is 16.0. The summed E-state index contributed by atoms with van der Waals surface area (Å²) < 4.78 is 22.8. The predicted molar refractivity (Wildman–Crippen MR) is 323 cm³/mol. The van der Waals surface area contributed by atoms with E-state index in [0.29, 0.717) is 12.8 Å². The highest BCUT2D eigenvalue weighted by molar-refractivity contribution is 5.76. The molecule has 9 N–H and O–H groups in total. The van der Waals surface area contributed by atoms with Crippen molar-refractivity contribution in [2.75, 3.05) is 19.8 Å². The number of carbonyl (C=O) groups is 1. The van der Waals surface area contributed by atoms with Crippen LogP contribution in [-0.2, 0) is 23.7 Å². The molecule has 2 heterocycles. The van der Waals surface area contributed by atoms with Crippen LogP contribution in [0.1, 0.15) is 271 Å². The topological polar surface area (TPSA) is 228 Å². The van der Waals surface area contributed by atoms with Crippen LogP contribution in [0.15, 0.2) is 48.6 Å². The molecule has 2 rings (SSSR count). The smallest absolute Gasteiger partial charge is 0.220 e. The highest BCUT2D eigenvalue weighted by Crippen LogP contribution is 2.30. The van der Waals surface area contributed by atoms with Gasteiger partial charge < -0.3 is 65.1 Å². The Morgan fingerprint density at radius 1 is 0.438 bits per heavy atom. The summed E-state index contributed by atoms with van der Waals surface area (Å²) in [5, 5.41) is 87.2. The fraction of sp³-hybridized carbons (Fsp3) is 0.864. The second-order valence-electron chi connectivity index (χ2n) is 23.2. The third kappa shape index (κ3) is 35.9. The zero-order valence-electron chi connectivity index (χ0n) is 50.6. The first kappa shape index (κ1) is 74.1. The molecule has 0 saturated carbocycles. The van der Waals surface area contributed by atoms with Gasteiger partial charge in [-0.2, -0.15) is 0 Å². The number of rotatable bonds is 53. The minimum absolute atomic E-state index is 0.254. The van der Waals surface area contributed by atoms with Gasteiger partial charge in [-0.05, 0) is 70.6 Å². The Labute approximate surface area is 486 Å². The standard InChI is InChI=1S/C66H121NO13/c1-3-5-7-9-11-13-15-17-19-21-23-25-26-27-28-30-31-33-35-37-39-41-43-45-47-49-55(70)54(53-77-65-63(76)61(74)64(57(52-69)79-65)80-66-62(75)60(73)59(72)56(51-68)78-66)67-58(71)50-48-46-44-42-40-38-36-34-32-29-24-22-20-18-16-14-12-10-8-6-4-2/h22,24,31,33,39,41,47,49,54-57,59-66,68-70,72-76H,3-21,23,25-30,32,34-38,40,42-46,48,50-53H2,1-2H3,(H,67,71)/b24-22-,33-31+,41-39+,49-47+. The molecule has 0 bridgehead atoms. The number of hydrogen-bond acceptors (Lipinski definition) is 13. The number of aliphatic hydroxyl groups is 8. The van der Waals surface area contributed by atoms with Crippen LogP contribution < -0.4 is 5.32 Å². The van der Waals surface area contributed by atoms with Crippen LogP contribution in [0.5, 0.6) is 0 Å². The summed E-state index contributed by atoms with van der Waals surface area (Å²) in [7, 11) is 0. The zero-order valence-corrected chi connectivity index (χ0v) is 50.6. The average Bonchev–Trinajstić information content (AvgIpc) is 3.46. The Balaban J connectivity index is 1.75. The van der Waals surface area contributed by atoms with E-state index in [1.165, 1.54) is 193 Å². The van der Waals surface area contributed by atoms with Gasteiger partial charge in [0.05, 0.1) is 32.0 Å². The quantitative estimate of drug-likeness (QED) is 0.0204. The summed E-state index contributed by atoms with van der Waals surface area (Å²) in [6, 6.07) is -0.940. The van der Waals surface area contributed by atoms with Crippen molar-refractivity contribution in [1.82, 2.24) is 5.32 Å². The molecule has 12 unspecified atom stereocenters. The monoisotopic (exact) mass is 1140 g/mol. The summed E-state index contributed by atoms with van der Waals surface area (Å²) in [5.74, 6) is -0.254. The SMILES string of the molecule is CCCCCCCCCC/C=C\CCCCCCCCCCCC(=O)NC(COC1OC(CO)C(OC2OC(CO)C(O)C(O)C2O)C(O)C1O)C(O)/C=C/CC/C=C/CC/C=C/CCCCCCCCCCCCCCCCC. The molecule has 2 fully saturated rings. The van der Waals surface area contributed by atoms with E-state index in [-0.39, 0.29) is 18.9 Å². The molecular formula is C66H121NO13. The zero-order chi connectivity index (χ0) is 58.1. The molecule has 2 saturated heterocycles. The number of unbranched alkanes of at least 4 members (excludes halogenated alkanes) is 34. The van der Waals surface area contributed by atoms with Crippen LogP contribution in [0.2, 0.25) is 0 Å². The summed E-state index contributed by atoms with van der Waals surface area (Å²) in [5.41, 5.74) is 0. The second kappa shape index (κ2) is 51.4. The van der Waals surface area contributed by atoms with Gasteiger partial charge in [0, 0.05) is 6.42 Å². The second-order valence-corrected chi connectivity index (χ2v) is 23.2. The lowest BCUT2D eigenvalue weighted by molar-refractivity contribution is -0.359. The average molecular weight is 1140 g/mol. The number of carbonyl (C=O) groups excluding carboxylic acids is 1. The van der Waals surface area contributed by atoms with Gasteiger partial charge in [0.1, 0.15) is 48.8 Å². The maximum atomic E-state index is 13.3. The number of allylic oxidation sites excluding steroid dienone is 7. The number of ether oxygens (including phenoxy) is 4. The lowest BCUT2D eigenvalue weighted by Crippen LogP contribution is -2.65. The lowest BCUT2D eigenvalue weighted by atomic mass is 9.97. The molecule has 0 spiro atoms. The van der Waals surface area contributed by atoms with E-state index in [1.807, 2.05) is 6.08 Å². The Hall–Kier alpha value is -2.05. The number of hydrogen-bond donors (Lipinski definition) is 9. The lowest BCUT2D eigenvalue weighted by Gasteiger charge is -2.46. The molecule has 468 valence electrons. The molecule has 0 aliphatic carbocycles. The maximum absolute atomic E-state index is 13.3. The van der Waals surface area contributed by atoms with Gasteiger partial charge >= 0.3 is 0 Å². The van der Waals surface area contributed by atoms with Crippen molar-refractivity contribution >= 4 is 5.91 Å². The van der Waals surface area contributed by atoms with Crippen molar-refractivity contribution in [3.8, 4) is 0 Å². The van der Waals surface area contributed by atoms with Gasteiger partial charge in [0.15, 0.2) is 12.6 Å². The van der Waals surface area contributed by atoms with Crippen molar-refractivity contribution in [1.29, 1.82) is 0 Å². The number of nitrogens with one attached hydrogen (secondary N) is 1. The van der Waals surface area contributed by atoms with E-state index in [2.05, 4.69) is 55.6 Å². The van der Waals surface area contributed by atoms with Gasteiger partial charge in [0.2, 0.25) is 5.91 Å². The van der Waals surface area contributed by atoms with E-state index in [1.54, 1.807) is 6.08 Å². The highest BCUT2D eigenvalue weighted by atomic mass is 16.7. The van der Waals surface area contributed by atoms with Crippen molar-refractivity contribution in [2.24, 2.45) is 0 Å². The first-order chi connectivity index (χ1) is 39.1. The van der Waals surface area contributed by atoms with E-state index >= 15 is 0 Å². The van der Waals surface area contributed by atoms with Crippen LogP contribution in [0.4, 0.5) is 0 Å². The van der Waals surface area contributed by atoms with E-state index in [9.17, 15) is 45.6 Å². The Morgan fingerprint density at radius 3 is 1.23 bits per heavy atom. The molecule has 12 atom stereocenters. The Bertz CT molecular complexity index is 1530. The number of aliphatic hydroxyl groups excluding tert-OH is 8. The largest absolute Gasteiger partial charge is 0.394 e. The summed E-state index contributed by atoms with van der Waals surface area (Å²) in [6.45, 7) is 2.80. The minimum Gasteiger partial charge on any atom is -0.394 e. The van der Waals surface area contributed by atoms with Gasteiger partial charge in [-0.25, -0.2) is 0 Å². The molecule has 0 radical (unpaired) electrons. The van der Waals surface area contributed by atoms with E-state index in [4.69, 9.17) is 18.9 Å². The van der Waals surface area contributed by atoms with Crippen molar-refractivity contribution in [3.05, 3.63) is 48.6 Å². The normalized spacial score (nSPS) is 24.5. The molecule has 2 aliphatic heterocycles. The van der Waals surface area contributed by atoms with Crippen LogP contribution in [-0.4, -0.2) is 140 Å². The van der Waals surface area contributed by atoms with Crippen molar-refractivity contribution in [3.63, 3.8) is 0 Å². The Morgan fingerprint density at radius 2 is 0.800 bits per heavy atom. The molecule has 0 aromatic carbocycles. The number of amides is 1. The van der Waals surface area contributed by atoms with Crippen molar-refractivity contribution < 1.29 is 64.6 Å². The minimum atomic E-state index is -1.79. The molecule has 1 amide bonds. The summed E-state index contributed by atoms with van der Waals surface area (Å²) >= 11 is 0. The molecular weight excluding hydrogens is 1010 g/mol. The van der Waals surface area contributed by atoms with E-state index in [0.717, 1.165) is 44.9 Å². The van der Waals surface area contributed by atoms with Crippen LogP contribution in [0.3, 0.4) is 0 Å². The molecule has 14 nitrogen and oxygen atoms in total. The predicted octanol–water partition coefficient (Wildman–Crippen LogP) is 12.3.